The van der Waals surface area contributed by atoms with Gasteiger partial charge >= 0.3 is 0 Å². The number of nitriles is 1. The minimum atomic E-state index is 0.904. The first-order valence-electron chi connectivity index (χ1n) is 9.94. The van der Waals surface area contributed by atoms with Gasteiger partial charge in [0.25, 0.3) is 0 Å². The maximum absolute atomic E-state index is 8.50. The Morgan fingerprint density at radius 3 is 2.21 bits per heavy atom. The molecule has 1 heteroatoms. The molecule has 0 spiro atoms. The molecule has 0 saturated heterocycles. The summed E-state index contributed by atoms with van der Waals surface area (Å²) in [5, 5.41) is 8.50. The van der Waals surface area contributed by atoms with Crippen molar-refractivity contribution in [1.82, 2.24) is 0 Å². The highest BCUT2D eigenvalue weighted by molar-refractivity contribution is 5.22. The van der Waals surface area contributed by atoms with Crippen molar-refractivity contribution in [2.24, 2.45) is 11.8 Å². The standard InChI is InChI=1S/C23H33N/c1-2-20-11-13-22(14-12-20)9-5-6-10-23-17-15-21(16-18-23)8-4-3-7-19-24/h3,7,11-14,21,23H,2,4-6,8-10,15-18H2,1H3/b7-3+. The average molecular weight is 324 g/mol. The van der Waals surface area contributed by atoms with Gasteiger partial charge in [-0.1, -0.05) is 75.8 Å². The van der Waals surface area contributed by atoms with Crippen molar-refractivity contribution in [2.75, 3.05) is 0 Å². The fraction of sp³-hybridized carbons (Fsp3) is 0.609. The lowest BCUT2D eigenvalue weighted by molar-refractivity contribution is 0.250. The molecule has 0 unspecified atom stereocenters. The third-order valence-corrected chi connectivity index (χ3v) is 5.66. The number of unbranched alkanes of at least 4 members (excludes halogenated alkanes) is 1. The second-order valence-corrected chi connectivity index (χ2v) is 7.41. The van der Waals surface area contributed by atoms with Crippen LogP contribution in [0.3, 0.4) is 0 Å². The number of aryl methyl sites for hydroxylation is 2. The van der Waals surface area contributed by atoms with Gasteiger partial charge in [0.2, 0.25) is 0 Å². The van der Waals surface area contributed by atoms with Crippen LogP contribution >= 0.6 is 0 Å². The molecule has 1 nitrogen and oxygen atoms in total. The zero-order valence-corrected chi connectivity index (χ0v) is 15.3. The molecule has 1 aromatic carbocycles. The van der Waals surface area contributed by atoms with Crippen LogP contribution in [0.2, 0.25) is 0 Å². The normalized spacial score (nSPS) is 21.0. The Kier molecular flexibility index (Phi) is 8.67. The highest BCUT2D eigenvalue weighted by atomic mass is 14.3. The molecule has 1 aliphatic carbocycles. The zero-order valence-electron chi connectivity index (χ0n) is 15.3. The Balaban J connectivity index is 1.54. The van der Waals surface area contributed by atoms with E-state index < -0.39 is 0 Å². The van der Waals surface area contributed by atoms with Gasteiger partial charge in [-0.15, -0.1) is 0 Å². The van der Waals surface area contributed by atoms with Gasteiger partial charge in [0.05, 0.1) is 6.07 Å². The summed E-state index contributed by atoms with van der Waals surface area (Å²) < 4.78 is 0. The molecule has 24 heavy (non-hydrogen) atoms. The summed E-state index contributed by atoms with van der Waals surface area (Å²) in [5.74, 6) is 1.88. The number of benzene rings is 1. The SMILES string of the molecule is CCc1ccc(CCCCC2CCC(CC/C=C/C#N)CC2)cc1. The summed E-state index contributed by atoms with van der Waals surface area (Å²) in [6.45, 7) is 2.22. The van der Waals surface area contributed by atoms with Crippen molar-refractivity contribution in [2.45, 2.75) is 77.6 Å². The molecule has 130 valence electrons. The van der Waals surface area contributed by atoms with Crippen molar-refractivity contribution in [3.05, 3.63) is 47.5 Å². The van der Waals surface area contributed by atoms with Gasteiger partial charge in [-0.2, -0.15) is 5.26 Å². The minimum absolute atomic E-state index is 0.904. The van der Waals surface area contributed by atoms with E-state index >= 15 is 0 Å². The average Bonchev–Trinajstić information content (AvgIpc) is 2.64. The van der Waals surface area contributed by atoms with Gasteiger partial charge in [0, 0.05) is 6.08 Å². The summed E-state index contributed by atoms with van der Waals surface area (Å²) in [7, 11) is 0. The summed E-state index contributed by atoms with van der Waals surface area (Å²) in [4.78, 5) is 0. The number of hydrogen-bond acceptors (Lipinski definition) is 1. The monoisotopic (exact) mass is 323 g/mol. The maximum Gasteiger partial charge on any atom is 0.0908 e. The summed E-state index contributed by atoms with van der Waals surface area (Å²) >= 11 is 0. The van der Waals surface area contributed by atoms with E-state index in [1.807, 2.05) is 6.08 Å². The second-order valence-electron chi connectivity index (χ2n) is 7.41. The first-order valence-corrected chi connectivity index (χ1v) is 9.94. The number of nitrogens with zero attached hydrogens (tertiary/aromatic N) is 1. The molecule has 0 heterocycles. The largest absolute Gasteiger partial charge is 0.193 e. The van der Waals surface area contributed by atoms with Crippen molar-refractivity contribution >= 4 is 0 Å². The van der Waals surface area contributed by atoms with Crippen LogP contribution in [0.25, 0.3) is 0 Å². The van der Waals surface area contributed by atoms with Gasteiger partial charge in [-0.3, -0.25) is 0 Å². The molecule has 0 atom stereocenters. The fourth-order valence-corrected chi connectivity index (χ4v) is 3.98. The van der Waals surface area contributed by atoms with Crippen LogP contribution in [-0.2, 0) is 12.8 Å². The third-order valence-electron chi connectivity index (χ3n) is 5.66. The number of rotatable bonds is 9. The predicted molar refractivity (Wildman–Crippen MR) is 103 cm³/mol. The van der Waals surface area contributed by atoms with Crippen LogP contribution < -0.4 is 0 Å². The molecule has 0 bridgehead atoms. The topological polar surface area (TPSA) is 23.8 Å². The summed E-state index contributed by atoms with van der Waals surface area (Å²) in [6.07, 6.45) is 18.2. The first-order chi connectivity index (χ1) is 11.8. The molecule has 0 aromatic heterocycles. The molecule has 1 aromatic rings. The molecule has 0 amide bonds. The molecule has 0 N–H and O–H groups in total. The van der Waals surface area contributed by atoms with Crippen LogP contribution in [0.1, 0.15) is 75.8 Å². The van der Waals surface area contributed by atoms with E-state index in [1.165, 1.54) is 68.9 Å². The minimum Gasteiger partial charge on any atom is -0.193 e. The Hall–Kier alpha value is -1.55. The smallest absolute Gasteiger partial charge is 0.0908 e. The molecule has 0 radical (unpaired) electrons. The Morgan fingerprint density at radius 2 is 1.58 bits per heavy atom. The van der Waals surface area contributed by atoms with Gasteiger partial charge in [0.15, 0.2) is 0 Å². The van der Waals surface area contributed by atoms with Crippen molar-refractivity contribution in [1.29, 1.82) is 5.26 Å². The number of hydrogen-bond donors (Lipinski definition) is 0. The molecule has 1 saturated carbocycles. The quantitative estimate of drug-likeness (QED) is 0.369. The van der Waals surface area contributed by atoms with Crippen LogP contribution in [-0.4, -0.2) is 0 Å². The zero-order chi connectivity index (χ0) is 17.0. The van der Waals surface area contributed by atoms with Gasteiger partial charge in [-0.25, -0.2) is 0 Å². The highest BCUT2D eigenvalue weighted by Gasteiger charge is 2.20. The van der Waals surface area contributed by atoms with Gasteiger partial charge in [-0.05, 0) is 55.1 Å². The van der Waals surface area contributed by atoms with E-state index in [1.54, 1.807) is 6.08 Å². The van der Waals surface area contributed by atoms with Crippen LogP contribution in [0.5, 0.6) is 0 Å². The molecular weight excluding hydrogens is 290 g/mol. The molecule has 2 rings (SSSR count). The maximum atomic E-state index is 8.50. The lowest BCUT2D eigenvalue weighted by Crippen LogP contribution is -2.14. The second kappa shape index (κ2) is 11.1. The van der Waals surface area contributed by atoms with E-state index in [9.17, 15) is 0 Å². The van der Waals surface area contributed by atoms with E-state index in [4.69, 9.17) is 5.26 Å². The van der Waals surface area contributed by atoms with Crippen LogP contribution in [0.4, 0.5) is 0 Å². The van der Waals surface area contributed by atoms with Gasteiger partial charge in [0.1, 0.15) is 0 Å². The highest BCUT2D eigenvalue weighted by Crippen LogP contribution is 2.34. The van der Waals surface area contributed by atoms with Crippen molar-refractivity contribution in [3.8, 4) is 6.07 Å². The molecule has 0 aliphatic heterocycles. The summed E-state index contributed by atoms with van der Waals surface area (Å²) in [5.41, 5.74) is 2.94. The van der Waals surface area contributed by atoms with Crippen LogP contribution in [0, 0.1) is 23.2 Å². The number of allylic oxidation sites excluding steroid dienone is 2. The Labute approximate surface area is 148 Å². The van der Waals surface area contributed by atoms with Crippen molar-refractivity contribution < 1.29 is 0 Å². The fourth-order valence-electron chi connectivity index (χ4n) is 3.98. The Morgan fingerprint density at radius 1 is 0.958 bits per heavy atom. The van der Waals surface area contributed by atoms with Gasteiger partial charge < -0.3 is 0 Å². The van der Waals surface area contributed by atoms with Crippen LogP contribution in [0.15, 0.2) is 36.4 Å². The molecule has 1 aliphatic rings. The van der Waals surface area contributed by atoms with E-state index in [0.29, 0.717) is 0 Å². The van der Waals surface area contributed by atoms with Crippen molar-refractivity contribution in [3.63, 3.8) is 0 Å². The lowest BCUT2D eigenvalue weighted by Gasteiger charge is -2.28. The molecule has 1 fully saturated rings. The van der Waals surface area contributed by atoms with E-state index in [0.717, 1.165) is 24.7 Å². The first kappa shape index (κ1) is 18.8. The summed E-state index contributed by atoms with van der Waals surface area (Å²) in [6, 6.07) is 11.3. The Bertz CT molecular complexity index is 512. The lowest BCUT2D eigenvalue weighted by atomic mass is 9.78. The predicted octanol–water partition coefficient (Wildman–Crippen LogP) is 6.63. The van der Waals surface area contributed by atoms with E-state index in [-0.39, 0.29) is 0 Å². The molecular formula is C23H33N. The van der Waals surface area contributed by atoms with E-state index in [2.05, 4.69) is 37.3 Å². The third kappa shape index (κ3) is 6.91.